The minimum atomic E-state index is -0.570. The van der Waals surface area contributed by atoms with Gasteiger partial charge in [0, 0.05) is 12.8 Å². The Balaban J connectivity index is 1.94. The van der Waals surface area contributed by atoms with Gasteiger partial charge in [-0.15, -0.1) is 0 Å². The van der Waals surface area contributed by atoms with E-state index in [0.29, 0.717) is 27.9 Å². The number of methoxy groups -OCH3 is 2. The van der Waals surface area contributed by atoms with E-state index in [0.717, 1.165) is 5.69 Å². The van der Waals surface area contributed by atoms with Gasteiger partial charge in [0.05, 0.1) is 24.8 Å². The Kier molecular flexibility index (Phi) is 5.24. The van der Waals surface area contributed by atoms with Gasteiger partial charge in [-0.05, 0) is 43.3 Å². The number of para-hydroxylation sites is 2. The van der Waals surface area contributed by atoms with Crippen LogP contribution in [0.3, 0.4) is 0 Å². The van der Waals surface area contributed by atoms with Crippen LogP contribution in [0.15, 0.2) is 48.5 Å². The maximum absolute atomic E-state index is 13.0. The highest BCUT2D eigenvalue weighted by atomic mass is 16.6. The van der Waals surface area contributed by atoms with E-state index < -0.39 is 12.1 Å². The van der Waals surface area contributed by atoms with E-state index in [2.05, 4.69) is 4.98 Å². The molecule has 154 valence electrons. The van der Waals surface area contributed by atoms with Gasteiger partial charge < -0.3 is 19.9 Å². The van der Waals surface area contributed by atoms with E-state index >= 15 is 0 Å². The number of rotatable bonds is 6. The number of aromatic nitrogens is 3. The van der Waals surface area contributed by atoms with E-state index in [1.165, 1.54) is 0 Å². The van der Waals surface area contributed by atoms with Crippen molar-refractivity contribution in [2.24, 2.45) is 0 Å². The summed E-state index contributed by atoms with van der Waals surface area (Å²) in [7, 11) is 3.15. The Bertz CT molecular complexity index is 1220. The van der Waals surface area contributed by atoms with Gasteiger partial charge >= 0.3 is 5.97 Å². The number of fused-ring (bicyclic) bond motifs is 2. The number of hydrogen-bond donors (Lipinski definition) is 1. The lowest BCUT2D eigenvalue weighted by molar-refractivity contribution is 0.0123. The molecule has 1 atom stereocenters. The molecular formula is C22H22N4O4. The Morgan fingerprint density at radius 1 is 1.07 bits per heavy atom. The van der Waals surface area contributed by atoms with Crippen LogP contribution in [0.5, 0.6) is 5.75 Å². The summed E-state index contributed by atoms with van der Waals surface area (Å²) in [6.45, 7) is 2.03. The zero-order valence-electron chi connectivity index (χ0n) is 17.0. The van der Waals surface area contributed by atoms with Crippen LogP contribution in [0.1, 0.15) is 17.3 Å². The van der Waals surface area contributed by atoms with Crippen LogP contribution in [0, 0.1) is 0 Å². The fourth-order valence-corrected chi connectivity index (χ4v) is 3.37. The Morgan fingerprint density at radius 2 is 1.73 bits per heavy atom. The Morgan fingerprint density at radius 3 is 2.37 bits per heavy atom. The Hall–Kier alpha value is -3.65. The fourth-order valence-electron chi connectivity index (χ4n) is 3.37. The van der Waals surface area contributed by atoms with Gasteiger partial charge in [-0.3, -0.25) is 4.57 Å². The molecule has 8 nitrogen and oxygen atoms in total. The highest BCUT2D eigenvalue weighted by Gasteiger charge is 2.27. The summed E-state index contributed by atoms with van der Waals surface area (Å²) in [4.78, 5) is 22.4. The lowest BCUT2D eigenvalue weighted by Crippen LogP contribution is -2.20. The second kappa shape index (κ2) is 8.00. The third-order valence-electron chi connectivity index (χ3n) is 4.74. The average molecular weight is 406 g/mol. The summed E-state index contributed by atoms with van der Waals surface area (Å²) in [5, 5.41) is 0. The molecule has 0 unspecified atom stereocenters. The van der Waals surface area contributed by atoms with Crippen molar-refractivity contribution >= 4 is 34.0 Å². The maximum Gasteiger partial charge on any atom is 0.344 e. The van der Waals surface area contributed by atoms with Crippen molar-refractivity contribution in [1.29, 1.82) is 0 Å². The predicted molar refractivity (Wildman–Crippen MR) is 114 cm³/mol. The number of hydrogen-bond acceptors (Lipinski definition) is 7. The van der Waals surface area contributed by atoms with Crippen LogP contribution in [0.4, 0.5) is 5.82 Å². The van der Waals surface area contributed by atoms with Crippen LogP contribution in [-0.4, -0.2) is 47.4 Å². The van der Waals surface area contributed by atoms with Crippen molar-refractivity contribution in [3.05, 3.63) is 54.1 Å². The quantitative estimate of drug-likeness (QED) is 0.490. The highest BCUT2D eigenvalue weighted by molar-refractivity contribution is 6.09. The van der Waals surface area contributed by atoms with Crippen LogP contribution in [0.25, 0.3) is 27.9 Å². The lowest BCUT2D eigenvalue weighted by Gasteiger charge is -2.12. The number of carbonyl (C=O) groups is 1. The average Bonchev–Trinajstić information content (AvgIpc) is 3.03. The van der Waals surface area contributed by atoms with Crippen LogP contribution >= 0.6 is 0 Å². The molecule has 0 amide bonds. The van der Waals surface area contributed by atoms with Crippen molar-refractivity contribution in [3.63, 3.8) is 0 Å². The molecule has 8 heteroatoms. The zero-order valence-corrected chi connectivity index (χ0v) is 17.0. The number of nitrogen functional groups attached to an aromatic ring is 1. The smallest absolute Gasteiger partial charge is 0.344 e. The molecule has 4 aromatic rings. The Labute approximate surface area is 173 Å². The second-order valence-electron chi connectivity index (χ2n) is 6.85. The van der Waals surface area contributed by atoms with Crippen molar-refractivity contribution in [2.75, 3.05) is 26.6 Å². The van der Waals surface area contributed by atoms with Crippen molar-refractivity contribution in [1.82, 2.24) is 14.5 Å². The molecular weight excluding hydrogens is 384 g/mol. The number of carbonyl (C=O) groups excluding carboxylic acids is 1. The summed E-state index contributed by atoms with van der Waals surface area (Å²) in [5.74, 6) is 0.345. The van der Waals surface area contributed by atoms with Crippen molar-refractivity contribution in [3.8, 4) is 11.4 Å². The van der Waals surface area contributed by atoms with Crippen molar-refractivity contribution < 1.29 is 19.0 Å². The highest BCUT2D eigenvalue weighted by Crippen LogP contribution is 2.32. The molecule has 2 N–H and O–H groups in total. The summed E-state index contributed by atoms with van der Waals surface area (Å²) in [6, 6.07) is 14.8. The van der Waals surface area contributed by atoms with E-state index in [-0.39, 0.29) is 18.0 Å². The number of esters is 1. The molecule has 0 aliphatic heterocycles. The number of ether oxygens (including phenoxy) is 3. The van der Waals surface area contributed by atoms with Crippen LogP contribution in [-0.2, 0) is 9.47 Å². The number of nitrogens with zero attached hydrogens (tertiary/aromatic N) is 3. The van der Waals surface area contributed by atoms with E-state index in [1.54, 1.807) is 25.7 Å². The van der Waals surface area contributed by atoms with Crippen LogP contribution in [0.2, 0.25) is 0 Å². The minimum Gasteiger partial charge on any atom is -0.497 e. The lowest BCUT2D eigenvalue weighted by atomic mass is 10.2. The van der Waals surface area contributed by atoms with E-state index in [1.807, 2.05) is 48.5 Å². The summed E-state index contributed by atoms with van der Waals surface area (Å²) in [5.41, 5.74) is 9.58. The number of anilines is 1. The first-order valence-corrected chi connectivity index (χ1v) is 9.44. The molecule has 0 spiro atoms. The van der Waals surface area contributed by atoms with Gasteiger partial charge in [0.15, 0.2) is 5.65 Å². The van der Waals surface area contributed by atoms with Crippen LogP contribution < -0.4 is 10.5 Å². The molecule has 0 aliphatic carbocycles. The zero-order chi connectivity index (χ0) is 21.3. The summed E-state index contributed by atoms with van der Waals surface area (Å²) >= 11 is 0. The molecule has 0 aliphatic rings. The van der Waals surface area contributed by atoms with Crippen molar-refractivity contribution in [2.45, 2.75) is 13.0 Å². The molecule has 4 rings (SSSR count). The molecule has 30 heavy (non-hydrogen) atoms. The predicted octanol–water partition coefficient (Wildman–Crippen LogP) is 3.36. The minimum absolute atomic E-state index is 0.182. The monoisotopic (exact) mass is 406 g/mol. The molecule has 0 bridgehead atoms. The van der Waals surface area contributed by atoms with E-state index in [9.17, 15) is 4.79 Å². The second-order valence-corrected chi connectivity index (χ2v) is 6.85. The molecule has 2 aromatic carbocycles. The van der Waals surface area contributed by atoms with Gasteiger partial charge in [0.1, 0.15) is 28.8 Å². The SMILES string of the molecule is COC[C@@H](C)OC(=O)c1c(N)n(-c2ccc(OC)cc2)c2nc3ccccc3nc12. The van der Waals surface area contributed by atoms with Gasteiger partial charge in [-0.2, -0.15) is 0 Å². The standard InChI is InChI=1S/C22H22N4O4/c1-13(12-28-2)30-22(27)18-19-21(25-17-7-5-4-6-16(17)24-19)26(20(18)23)14-8-10-15(29-3)11-9-14/h4-11,13H,12,23H2,1-3H3/t13-/m1/s1. The van der Waals surface area contributed by atoms with Gasteiger partial charge in [-0.1, -0.05) is 12.1 Å². The topological polar surface area (TPSA) is 101 Å². The molecule has 2 heterocycles. The van der Waals surface area contributed by atoms with Gasteiger partial charge in [0.2, 0.25) is 0 Å². The third kappa shape index (κ3) is 3.42. The molecule has 2 aromatic heterocycles. The molecule has 0 saturated heterocycles. The third-order valence-corrected chi connectivity index (χ3v) is 4.74. The summed E-state index contributed by atoms with van der Waals surface area (Å²) < 4.78 is 17.5. The fraction of sp³-hybridized carbons (Fsp3) is 0.227. The first-order chi connectivity index (χ1) is 14.5. The maximum atomic E-state index is 13.0. The number of nitrogens with two attached hydrogens (primary N) is 1. The number of benzene rings is 2. The molecule has 0 fully saturated rings. The molecule has 0 radical (unpaired) electrons. The van der Waals surface area contributed by atoms with Gasteiger partial charge in [-0.25, -0.2) is 14.8 Å². The van der Waals surface area contributed by atoms with E-state index in [4.69, 9.17) is 24.9 Å². The molecule has 0 saturated carbocycles. The summed E-state index contributed by atoms with van der Waals surface area (Å²) in [6.07, 6.45) is -0.435. The normalized spacial score (nSPS) is 12.2. The first-order valence-electron chi connectivity index (χ1n) is 9.44. The van der Waals surface area contributed by atoms with Gasteiger partial charge in [0.25, 0.3) is 0 Å². The first kappa shape index (κ1) is 19.7. The largest absolute Gasteiger partial charge is 0.497 e.